The molecule has 1 N–H and O–H groups in total. The van der Waals surface area contributed by atoms with Crippen molar-refractivity contribution in [3.05, 3.63) is 39.4 Å². The second-order valence-corrected chi connectivity index (χ2v) is 5.98. The zero-order valence-corrected chi connectivity index (χ0v) is 11.7. The van der Waals surface area contributed by atoms with Gasteiger partial charge < -0.3 is 9.84 Å². The molecule has 0 spiro atoms. The summed E-state index contributed by atoms with van der Waals surface area (Å²) in [6.07, 6.45) is 2.19. The highest BCUT2D eigenvalue weighted by Crippen LogP contribution is 2.50. The van der Waals surface area contributed by atoms with Crippen LogP contribution in [0.25, 0.3) is 0 Å². The Kier molecular flexibility index (Phi) is 3.20. The van der Waals surface area contributed by atoms with E-state index in [1.165, 1.54) is 6.07 Å². The molecule has 6 nitrogen and oxygen atoms in total. The second kappa shape index (κ2) is 4.80. The van der Waals surface area contributed by atoms with Gasteiger partial charge in [0, 0.05) is 11.6 Å². The largest absolute Gasteiger partial charge is 0.481 e. The van der Waals surface area contributed by atoms with Crippen LogP contribution >= 0.6 is 0 Å². The molecule has 112 valence electrons. The lowest BCUT2D eigenvalue weighted by Crippen LogP contribution is -2.42. The molecule has 0 amide bonds. The number of carbonyl (C=O) groups is 1. The summed E-state index contributed by atoms with van der Waals surface area (Å²) in [6.45, 7) is 1.68. The summed E-state index contributed by atoms with van der Waals surface area (Å²) in [5.41, 5.74) is 0.369. The standard InChI is InChI=1S/C15H17NO5/c1-9-10(3-2-4-12(9)16(19)20)7-15(14(17)18)8-11-5-6-13(15)21-11/h2-4,11,13H,5-8H2,1H3,(H,17,18). The van der Waals surface area contributed by atoms with E-state index in [-0.39, 0.29) is 24.3 Å². The minimum absolute atomic E-state index is 0.0186. The Bertz CT molecular complexity index is 614. The molecular formula is C15H17NO5. The van der Waals surface area contributed by atoms with Crippen LogP contribution in [0.3, 0.4) is 0 Å². The maximum atomic E-state index is 11.8. The Morgan fingerprint density at radius 2 is 2.29 bits per heavy atom. The third-order valence-electron chi connectivity index (χ3n) is 4.86. The van der Waals surface area contributed by atoms with Gasteiger partial charge in [-0.15, -0.1) is 0 Å². The van der Waals surface area contributed by atoms with Crippen molar-refractivity contribution < 1.29 is 19.6 Å². The van der Waals surface area contributed by atoms with Gasteiger partial charge in [-0.2, -0.15) is 0 Å². The second-order valence-electron chi connectivity index (χ2n) is 5.98. The average Bonchev–Trinajstić information content (AvgIpc) is 3.01. The van der Waals surface area contributed by atoms with Crippen molar-refractivity contribution in [3.8, 4) is 0 Å². The molecule has 6 heteroatoms. The van der Waals surface area contributed by atoms with Crippen LogP contribution in [0.15, 0.2) is 18.2 Å². The lowest BCUT2D eigenvalue weighted by Gasteiger charge is -2.31. The molecule has 2 heterocycles. The van der Waals surface area contributed by atoms with E-state index in [0.29, 0.717) is 12.0 Å². The number of nitro benzene ring substituents is 1. The molecule has 1 aromatic rings. The number of fused-ring (bicyclic) bond motifs is 2. The first-order valence-corrected chi connectivity index (χ1v) is 7.06. The van der Waals surface area contributed by atoms with Crippen molar-refractivity contribution in [1.29, 1.82) is 0 Å². The van der Waals surface area contributed by atoms with E-state index in [1.807, 2.05) is 0 Å². The quantitative estimate of drug-likeness (QED) is 0.680. The fourth-order valence-corrected chi connectivity index (χ4v) is 3.69. The first-order valence-electron chi connectivity index (χ1n) is 7.06. The molecule has 2 aliphatic rings. The predicted octanol–water partition coefficient (Wildman–Crippen LogP) is 2.47. The van der Waals surface area contributed by atoms with Crippen LogP contribution in [0.2, 0.25) is 0 Å². The zero-order valence-electron chi connectivity index (χ0n) is 11.7. The third-order valence-corrected chi connectivity index (χ3v) is 4.86. The van der Waals surface area contributed by atoms with E-state index in [4.69, 9.17) is 4.74 Å². The number of hydrogen-bond donors (Lipinski definition) is 1. The molecule has 0 radical (unpaired) electrons. The third kappa shape index (κ3) is 2.10. The van der Waals surface area contributed by atoms with Gasteiger partial charge in [-0.1, -0.05) is 12.1 Å². The molecular weight excluding hydrogens is 274 g/mol. The molecule has 21 heavy (non-hydrogen) atoms. The average molecular weight is 291 g/mol. The van der Waals surface area contributed by atoms with Crippen LogP contribution in [-0.4, -0.2) is 28.2 Å². The lowest BCUT2D eigenvalue weighted by atomic mass is 9.69. The summed E-state index contributed by atoms with van der Waals surface area (Å²) in [7, 11) is 0. The van der Waals surface area contributed by atoms with E-state index in [2.05, 4.69) is 0 Å². The van der Waals surface area contributed by atoms with Gasteiger partial charge >= 0.3 is 5.97 Å². The van der Waals surface area contributed by atoms with Crippen LogP contribution in [0.1, 0.15) is 30.4 Å². The normalized spacial score (nSPS) is 30.5. The summed E-state index contributed by atoms with van der Waals surface area (Å²) in [5.74, 6) is -0.861. The van der Waals surface area contributed by atoms with Crippen LogP contribution in [0, 0.1) is 22.5 Å². The summed E-state index contributed by atoms with van der Waals surface area (Å²) in [5, 5.41) is 20.7. The van der Waals surface area contributed by atoms with Crippen molar-refractivity contribution in [1.82, 2.24) is 0 Å². The van der Waals surface area contributed by atoms with Gasteiger partial charge in [0.25, 0.3) is 5.69 Å². The molecule has 0 aliphatic carbocycles. The molecule has 2 saturated heterocycles. The SMILES string of the molecule is Cc1c(CC2(C(=O)O)CC3CCC2O3)cccc1[N+](=O)[O-]. The number of carboxylic acid groups (broad SMARTS) is 1. The number of rotatable bonds is 4. The minimum Gasteiger partial charge on any atom is -0.481 e. The maximum absolute atomic E-state index is 11.8. The Hall–Kier alpha value is -1.95. The van der Waals surface area contributed by atoms with Gasteiger partial charge in [0.2, 0.25) is 0 Å². The number of hydrogen-bond acceptors (Lipinski definition) is 4. The molecule has 2 aliphatic heterocycles. The Labute approximate surface area is 121 Å². The van der Waals surface area contributed by atoms with E-state index in [0.717, 1.165) is 18.4 Å². The molecule has 2 fully saturated rings. The van der Waals surface area contributed by atoms with Gasteiger partial charge in [-0.25, -0.2) is 0 Å². The fraction of sp³-hybridized carbons (Fsp3) is 0.533. The highest BCUT2D eigenvalue weighted by atomic mass is 16.6. The van der Waals surface area contributed by atoms with Crippen LogP contribution in [0.4, 0.5) is 5.69 Å². The van der Waals surface area contributed by atoms with Crippen LogP contribution in [0.5, 0.6) is 0 Å². The first-order chi connectivity index (χ1) is 9.94. The van der Waals surface area contributed by atoms with E-state index < -0.39 is 16.3 Å². The zero-order chi connectivity index (χ0) is 15.2. The number of ether oxygens (including phenoxy) is 1. The molecule has 3 atom stereocenters. The number of nitrogens with zero attached hydrogens (tertiary/aromatic N) is 1. The summed E-state index contributed by atoms with van der Waals surface area (Å²) >= 11 is 0. The molecule has 2 bridgehead atoms. The smallest absolute Gasteiger partial charge is 0.312 e. The number of benzene rings is 1. The molecule has 0 aromatic heterocycles. The topological polar surface area (TPSA) is 89.7 Å². The monoisotopic (exact) mass is 291 g/mol. The first kappa shape index (κ1) is 14.0. The fourth-order valence-electron chi connectivity index (χ4n) is 3.69. The lowest BCUT2D eigenvalue weighted by molar-refractivity contribution is -0.385. The van der Waals surface area contributed by atoms with Gasteiger partial charge in [0.1, 0.15) is 5.41 Å². The van der Waals surface area contributed by atoms with Crippen molar-refractivity contribution in [3.63, 3.8) is 0 Å². The van der Waals surface area contributed by atoms with E-state index >= 15 is 0 Å². The van der Waals surface area contributed by atoms with Gasteiger partial charge in [0.15, 0.2) is 0 Å². The molecule has 1 aromatic carbocycles. The summed E-state index contributed by atoms with van der Waals surface area (Å²) in [4.78, 5) is 22.4. The van der Waals surface area contributed by atoms with Crippen LogP contribution in [-0.2, 0) is 16.0 Å². The Balaban J connectivity index is 1.97. The van der Waals surface area contributed by atoms with Gasteiger partial charge in [-0.3, -0.25) is 14.9 Å². The van der Waals surface area contributed by atoms with E-state index in [9.17, 15) is 20.0 Å². The van der Waals surface area contributed by atoms with E-state index in [1.54, 1.807) is 19.1 Å². The predicted molar refractivity (Wildman–Crippen MR) is 74.1 cm³/mol. The van der Waals surface area contributed by atoms with Crippen molar-refractivity contribution in [2.45, 2.75) is 44.8 Å². The highest BCUT2D eigenvalue weighted by Gasteiger charge is 2.57. The molecule has 0 saturated carbocycles. The van der Waals surface area contributed by atoms with Crippen molar-refractivity contribution in [2.75, 3.05) is 0 Å². The van der Waals surface area contributed by atoms with Crippen LogP contribution < -0.4 is 0 Å². The summed E-state index contributed by atoms with van der Waals surface area (Å²) in [6, 6.07) is 4.84. The highest BCUT2D eigenvalue weighted by molar-refractivity contribution is 5.77. The molecule has 3 rings (SSSR count). The summed E-state index contributed by atoms with van der Waals surface area (Å²) < 4.78 is 5.72. The maximum Gasteiger partial charge on any atom is 0.312 e. The van der Waals surface area contributed by atoms with Crippen molar-refractivity contribution in [2.24, 2.45) is 5.41 Å². The number of carboxylic acids is 1. The Morgan fingerprint density at radius 3 is 2.81 bits per heavy atom. The minimum atomic E-state index is -0.942. The number of nitro groups is 1. The Morgan fingerprint density at radius 1 is 1.52 bits per heavy atom. The van der Waals surface area contributed by atoms with Gasteiger partial charge in [0.05, 0.1) is 17.1 Å². The van der Waals surface area contributed by atoms with Gasteiger partial charge in [-0.05, 0) is 38.2 Å². The number of aliphatic carboxylic acids is 1. The van der Waals surface area contributed by atoms with Crippen molar-refractivity contribution >= 4 is 11.7 Å². The molecule has 3 unspecified atom stereocenters.